The van der Waals surface area contributed by atoms with E-state index in [1.807, 2.05) is 42.2 Å². The average molecular weight is 476 g/mol. The van der Waals surface area contributed by atoms with Crippen LogP contribution in [-0.4, -0.2) is 53.4 Å². The van der Waals surface area contributed by atoms with Gasteiger partial charge in [0.2, 0.25) is 0 Å². The van der Waals surface area contributed by atoms with Crippen LogP contribution in [0.25, 0.3) is 0 Å². The van der Waals surface area contributed by atoms with Gasteiger partial charge in [-0.2, -0.15) is 0 Å². The minimum atomic E-state index is -0.296. The highest BCUT2D eigenvalue weighted by atomic mass is 19.1. The van der Waals surface area contributed by atoms with Gasteiger partial charge < -0.3 is 15.0 Å². The molecule has 1 aliphatic rings. The van der Waals surface area contributed by atoms with E-state index in [2.05, 4.69) is 17.1 Å². The Balaban J connectivity index is 1.35. The van der Waals surface area contributed by atoms with Gasteiger partial charge in [-0.05, 0) is 55.8 Å². The second-order valence-electron chi connectivity index (χ2n) is 8.91. The highest BCUT2D eigenvalue weighted by Gasteiger charge is 2.32. The van der Waals surface area contributed by atoms with E-state index < -0.39 is 0 Å². The molecule has 1 heterocycles. The zero-order chi connectivity index (χ0) is 24.8. The molecule has 0 radical (unpaired) electrons. The molecule has 0 aliphatic carbocycles. The maximum Gasteiger partial charge on any atom is 0.260 e. The van der Waals surface area contributed by atoms with Crippen molar-refractivity contribution in [1.29, 1.82) is 0 Å². The Hall–Kier alpha value is -3.71. The number of nitrogens with one attached hydrogen (secondary N) is 1. The van der Waals surface area contributed by atoms with Crippen LogP contribution in [0.4, 0.5) is 10.1 Å². The molecular formula is C28H30FN3O3. The van der Waals surface area contributed by atoms with Gasteiger partial charge in [-0.25, -0.2) is 4.39 Å². The average Bonchev–Trinajstić information content (AvgIpc) is 2.86. The minimum absolute atomic E-state index is 0.000582. The molecule has 0 bridgehead atoms. The summed E-state index contributed by atoms with van der Waals surface area (Å²) in [6, 6.07) is 22.8. The predicted molar refractivity (Wildman–Crippen MR) is 134 cm³/mol. The van der Waals surface area contributed by atoms with Gasteiger partial charge in [0.1, 0.15) is 11.6 Å². The van der Waals surface area contributed by atoms with E-state index in [0.717, 1.165) is 5.56 Å². The number of piperazine rings is 1. The van der Waals surface area contributed by atoms with E-state index in [4.69, 9.17) is 4.74 Å². The molecule has 35 heavy (non-hydrogen) atoms. The molecule has 1 aliphatic heterocycles. The Kier molecular flexibility index (Phi) is 7.77. The molecule has 2 atom stereocenters. The van der Waals surface area contributed by atoms with Gasteiger partial charge in [-0.15, -0.1) is 0 Å². The van der Waals surface area contributed by atoms with Crippen LogP contribution in [0.5, 0.6) is 5.75 Å². The minimum Gasteiger partial charge on any atom is -0.483 e. The molecular weight excluding hydrogens is 445 g/mol. The van der Waals surface area contributed by atoms with Crippen molar-refractivity contribution >= 4 is 17.5 Å². The van der Waals surface area contributed by atoms with E-state index in [1.165, 1.54) is 12.1 Å². The quantitative estimate of drug-likeness (QED) is 0.544. The Morgan fingerprint density at radius 3 is 2.34 bits per heavy atom. The molecule has 1 fully saturated rings. The lowest BCUT2D eigenvalue weighted by molar-refractivity contribution is -0.139. The van der Waals surface area contributed by atoms with Crippen LogP contribution in [0.2, 0.25) is 0 Å². The summed E-state index contributed by atoms with van der Waals surface area (Å²) in [6.07, 6.45) is 0. The van der Waals surface area contributed by atoms with Gasteiger partial charge in [0.25, 0.3) is 11.8 Å². The maximum atomic E-state index is 13.2. The van der Waals surface area contributed by atoms with E-state index in [9.17, 15) is 14.0 Å². The maximum absolute atomic E-state index is 13.2. The first-order valence-electron chi connectivity index (χ1n) is 11.8. The fourth-order valence-electron chi connectivity index (χ4n) is 4.31. The number of halogens is 1. The number of ether oxygens (including phenoxy) is 1. The first-order valence-corrected chi connectivity index (χ1v) is 11.8. The van der Waals surface area contributed by atoms with Gasteiger partial charge in [0.15, 0.2) is 6.61 Å². The monoisotopic (exact) mass is 475 g/mol. The Bertz CT molecular complexity index is 1150. The van der Waals surface area contributed by atoms with Gasteiger partial charge in [-0.1, -0.05) is 42.5 Å². The highest BCUT2D eigenvalue weighted by Crippen LogP contribution is 2.22. The van der Waals surface area contributed by atoms with Crippen LogP contribution >= 0.6 is 0 Å². The highest BCUT2D eigenvalue weighted by molar-refractivity contribution is 6.06. The summed E-state index contributed by atoms with van der Waals surface area (Å²) in [5.41, 5.74) is 2.10. The lowest BCUT2D eigenvalue weighted by Gasteiger charge is -2.44. The molecule has 0 spiro atoms. The SMILES string of the molecule is C[C@@H]1CN(Cc2ccc(F)cc2)[C@@H](C)CN1C(=O)COc1ccccc1C(=O)Nc1ccccc1. The normalized spacial score (nSPS) is 18.2. The lowest BCUT2D eigenvalue weighted by Crippen LogP contribution is -2.58. The second-order valence-corrected chi connectivity index (χ2v) is 8.91. The molecule has 3 aromatic rings. The number of carbonyl (C=O) groups excluding carboxylic acids is 2. The molecule has 1 N–H and O–H groups in total. The number of nitrogens with zero attached hydrogens (tertiary/aromatic N) is 2. The summed E-state index contributed by atoms with van der Waals surface area (Å²) in [7, 11) is 0. The van der Waals surface area contributed by atoms with Crippen molar-refractivity contribution in [3.63, 3.8) is 0 Å². The molecule has 0 aromatic heterocycles. The summed E-state index contributed by atoms with van der Waals surface area (Å²) in [6.45, 7) is 5.93. The van der Waals surface area contributed by atoms with Crippen molar-refractivity contribution in [2.75, 3.05) is 25.0 Å². The molecule has 4 rings (SSSR count). The van der Waals surface area contributed by atoms with Crippen molar-refractivity contribution in [1.82, 2.24) is 9.80 Å². The largest absolute Gasteiger partial charge is 0.483 e. The fourth-order valence-corrected chi connectivity index (χ4v) is 4.31. The Morgan fingerprint density at radius 1 is 0.914 bits per heavy atom. The number of benzene rings is 3. The lowest BCUT2D eigenvalue weighted by atomic mass is 10.1. The van der Waals surface area contributed by atoms with Crippen LogP contribution in [0.15, 0.2) is 78.9 Å². The molecule has 3 aromatic carbocycles. The third-order valence-electron chi connectivity index (χ3n) is 6.25. The smallest absolute Gasteiger partial charge is 0.260 e. The van der Waals surface area contributed by atoms with E-state index in [1.54, 1.807) is 36.4 Å². The van der Waals surface area contributed by atoms with Crippen LogP contribution in [0.1, 0.15) is 29.8 Å². The van der Waals surface area contributed by atoms with Crippen molar-refractivity contribution in [2.45, 2.75) is 32.5 Å². The van der Waals surface area contributed by atoms with Crippen LogP contribution in [-0.2, 0) is 11.3 Å². The van der Waals surface area contributed by atoms with Gasteiger partial charge in [0, 0.05) is 37.4 Å². The number of carbonyl (C=O) groups is 2. The molecule has 6 nitrogen and oxygen atoms in total. The van der Waals surface area contributed by atoms with Crippen molar-refractivity contribution in [3.05, 3.63) is 95.8 Å². The first kappa shape index (κ1) is 24.4. The third-order valence-corrected chi connectivity index (χ3v) is 6.25. The van der Waals surface area contributed by atoms with Gasteiger partial charge in [-0.3, -0.25) is 14.5 Å². The van der Waals surface area contributed by atoms with Crippen LogP contribution in [0.3, 0.4) is 0 Å². The van der Waals surface area contributed by atoms with Crippen LogP contribution in [0, 0.1) is 5.82 Å². The summed E-state index contributed by atoms with van der Waals surface area (Å²) in [5.74, 6) is -0.297. The van der Waals surface area contributed by atoms with E-state index in [-0.39, 0.29) is 36.3 Å². The van der Waals surface area contributed by atoms with Gasteiger partial charge in [0.05, 0.1) is 5.56 Å². The number of hydrogen-bond donors (Lipinski definition) is 1. The number of anilines is 1. The Morgan fingerprint density at radius 2 is 1.60 bits per heavy atom. The van der Waals surface area contributed by atoms with Crippen molar-refractivity contribution < 1.29 is 18.7 Å². The fraction of sp³-hybridized carbons (Fsp3) is 0.286. The predicted octanol–water partition coefficient (Wildman–Crippen LogP) is 4.58. The zero-order valence-corrected chi connectivity index (χ0v) is 20.0. The first-order chi connectivity index (χ1) is 16.9. The second kappa shape index (κ2) is 11.1. The van der Waals surface area contributed by atoms with E-state index >= 15 is 0 Å². The number of para-hydroxylation sites is 2. The summed E-state index contributed by atoms with van der Waals surface area (Å²) in [4.78, 5) is 29.9. The molecule has 7 heteroatoms. The topological polar surface area (TPSA) is 61.9 Å². The van der Waals surface area contributed by atoms with Crippen LogP contribution < -0.4 is 10.1 Å². The molecule has 182 valence electrons. The van der Waals surface area contributed by atoms with Gasteiger partial charge >= 0.3 is 0 Å². The zero-order valence-electron chi connectivity index (χ0n) is 20.0. The standard InChI is InChI=1S/C28H30FN3O3/c1-20-17-32(21(2)16-31(20)18-22-12-14-23(29)15-13-22)27(33)19-35-26-11-7-6-10-25(26)28(34)30-24-8-4-3-5-9-24/h3-15,20-21H,16-19H2,1-2H3,(H,30,34)/t20-,21+/m0/s1. The molecule has 0 unspecified atom stereocenters. The summed E-state index contributed by atoms with van der Waals surface area (Å²) >= 11 is 0. The molecule has 1 saturated heterocycles. The molecule has 0 saturated carbocycles. The molecule has 2 amide bonds. The summed E-state index contributed by atoms with van der Waals surface area (Å²) < 4.78 is 19.0. The van der Waals surface area contributed by atoms with E-state index in [0.29, 0.717) is 36.6 Å². The Labute approximate surface area is 205 Å². The third kappa shape index (κ3) is 6.25. The number of hydrogen-bond acceptors (Lipinski definition) is 4. The number of rotatable bonds is 7. The number of amides is 2. The van der Waals surface area contributed by atoms with Crippen molar-refractivity contribution in [2.24, 2.45) is 0 Å². The van der Waals surface area contributed by atoms with Crippen molar-refractivity contribution in [3.8, 4) is 5.75 Å². The summed E-state index contributed by atoms with van der Waals surface area (Å²) in [5, 5.41) is 2.85.